The lowest BCUT2D eigenvalue weighted by Crippen LogP contribution is -2.12. The lowest BCUT2D eigenvalue weighted by molar-refractivity contribution is 0.102. The van der Waals surface area contributed by atoms with E-state index in [-0.39, 0.29) is 12.7 Å². The minimum absolute atomic E-state index is 0.175. The van der Waals surface area contributed by atoms with Gasteiger partial charge in [-0.1, -0.05) is 11.6 Å². The predicted octanol–water partition coefficient (Wildman–Crippen LogP) is 2.72. The number of amides is 1. The Morgan fingerprint density at radius 1 is 1.26 bits per heavy atom. The van der Waals surface area contributed by atoms with E-state index in [9.17, 15) is 4.79 Å². The zero-order chi connectivity index (χ0) is 13.2. The first-order chi connectivity index (χ1) is 9.24. The fourth-order valence-electron chi connectivity index (χ4n) is 1.70. The average Bonchev–Trinajstić information content (AvgIpc) is 2.88. The average molecular weight is 277 g/mol. The summed E-state index contributed by atoms with van der Waals surface area (Å²) in [5.41, 5.74) is 0.927. The molecule has 1 N–H and O–H groups in total. The molecule has 0 atom stereocenters. The van der Waals surface area contributed by atoms with Gasteiger partial charge in [-0.25, -0.2) is 0 Å². The summed E-state index contributed by atoms with van der Waals surface area (Å²) in [6, 6.07) is 6.59. The fraction of sp³-hybridized carbons (Fsp3) is 0.0769. The third-order valence-electron chi connectivity index (χ3n) is 2.65. The van der Waals surface area contributed by atoms with Crippen molar-refractivity contribution in [1.29, 1.82) is 0 Å². The van der Waals surface area contributed by atoms with E-state index in [1.165, 1.54) is 6.20 Å². The van der Waals surface area contributed by atoms with Crippen LogP contribution < -0.4 is 14.8 Å². The van der Waals surface area contributed by atoms with Gasteiger partial charge in [0.15, 0.2) is 11.5 Å². The van der Waals surface area contributed by atoms with Crippen molar-refractivity contribution >= 4 is 23.2 Å². The van der Waals surface area contributed by atoms with Gasteiger partial charge >= 0.3 is 0 Å². The zero-order valence-corrected chi connectivity index (χ0v) is 10.5. The van der Waals surface area contributed by atoms with Gasteiger partial charge in [-0.05, 0) is 24.3 Å². The molecule has 1 aromatic heterocycles. The van der Waals surface area contributed by atoms with Crippen molar-refractivity contribution in [2.75, 3.05) is 12.1 Å². The third kappa shape index (κ3) is 2.32. The van der Waals surface area contributed by atoms with Crippen LogP contribution in [-0.4, -0.2) is 17.7 Å². The van der Waals surface area contributed by atoms with Crippen LogP contribution >= 0.6 is 11.6 Å². The van der Waals surface area contributed by atoms with Crippen molar-refractivity contribution in [3.05, 3.63) is 47.2 Å². The topological polar surface area (TPSA) is 60.5 Å². The van der Waals surface area contributed by atoms with E-state index in [0.717, 1.165) is 0 Å². The van der Waals surface area contributed by atoms with Gasteiger partial charge in [0.05, 0.1) is 16.9 Å². The number of ether oxygens (including phenoxy) is 2. The molecule has 0 saturated carbocycles. The number of carbonyl (C=O) groups excluding carboxylic acids is 1. The van der Waals surface area contributed by atoms with Crippen molar-refractivity contribution in [3.8, 4) is 11.5 Å². The van der Waals surface area contributed by atoms with Crippen LogP contribution in [0.5, 0.6) is 11.5 Å². The smallest absolute Gasteiger partial charge is 0.255 e. The number of pyridine rings is 1. The monoisotopic (exact) mass is 276 g/mol. The van der Waals surface area contributed by atoms with Gasteiger partial charge in [0, 0.05) is 11.8 Å². The Morgan fingerprint density at radius 3 is 2.95 bits per heavy atom. The highest BCUT2D eigenvalue weighted by Crippen LogP contribution is 2.32. The lowest BCUT2D eigenvalue weighted by Gasteiger charge is -2.06. The molecule has 0 aliphatic carbocycles. The number of rotatable bonds is 2. The molecule has 2 heterocycles. The molecule has 0 fully saturated rings. The molecular weight excluding hydrogens is 268 g/mol. The van der Waals surface area contributed by atoms with E-state index >= 15 is 0 Å². The van der Waals surface area contributed by atoms with Crippen molar-refractivity contribution in [2.24, 2.45) is 0 Å². The molecule has 96 valence electrons. The molecule has 3 rings (SSSR count). The maximum atomic E-state index is 12.1. The number of anilines is 1. The number of hydrogen-bond acceptors (Lipinski definition) is 4. The molecule has 0 spiro atoms. The second kappa shape index (κ2) is 4.78. The summed E-state index contributed by atoms with van der Waals surface area (Å²) >= 11 is 5.95. The maximum Gasteiger partial charge on any atom is 0.255 e. The van der Waals surface area contributed by atoms with Gasteiger partial charge in [0.2, 0.25) is 6.79 Å². The molecule has 1 aromatic carbocycles. The third-order valence-corrected chi connectivity index (χ3v) is 2.98. The van der Waals surface area contributed by atoms with Crippen LogP contribution in [0.1, 0.15) is 10.4 Å². The summed E-state index contributed by atoms with van der Waals surface area (Å²) in [5.74, 6) is 0.911. The number of nitrogens with zero attached hydrogens (tertiary/aromatic N) is 1. The van der Waals surface area contributed by atoms with Crippen molar-refractivity contribution in [1.82, 2.24) is 4.98 Å². The molecule has 6 heteroatoms. The van der Waals surface area contributed by atoms with Crippen LogP contribution in [0.4, 0.5) is 5.69 Å². The van der Waals surface area contributed by atoms with Crippen molar-refractivity contribution in [3.63, 3.8) is 0 Å². The highest BCUT2D eigenvalue weighted by atomic mass is 35.5. The lowest BCUT2D eigenvalue weighted by atomic mass is 10.2. The summed E-state index contributed by atoms with van der Waals surface area (Å²) in [5, 5.41) is 3.12. The number of aromatic nitrogens is 1. The Morgan fingerprint density at radius 2 is 2.11 bits per heavy atom. The van der Waals surface area contributed by atoms with E-state index in [4.69, 9.17) is 21.1 Å². The summed E-state index contributed by atoms with van der Waals surface area (Å²) < 4.78 is 10.4. The van der Waals surface area contributed by atoms with Crippen LogP contribution in [0.15, 0.2) is 36.7 Å². The first-order valence-electron chi connectivity index (χ1n) is 5.54. The molecule has 0 radical (unpaired) electrons. The fourth-order valence-corrected chi connectivity index (χ4v) is 1.85. The standard InChI is InChI=1S/C13H9ClN2O3/c14-9-3-4-15-6-10(9)16-13(17)8-1-2-11-12(5-8)19-7-18-11/h1-6H,7H2,(H,16,17). The van der Waals surface area contributed by atoms with E-state index in [2.05, 4.69) is 10.3 Å². The number of nitrogens with one attached hydrogen (secondary N) is 1. The Balaban J connectivity index is 1.83. The van der Waals surface area contributed by atoms with E-state index in [0.29, 0.717) is 27.8 Å². The SMILES string of the molecule is O=C(Nc1cnccc1Cl)c1ccc2c(c1)OCO2. The molecule has 1 aliphatic heterocycles. The molecule has 2 aromatic rings. The number of halogens is 1. The zero-order valence-electron chi connectivity index (χ0n) is 9.72. The Hall–Kier alpha value is -2.27. The number of carbonyl (C=O) groups is 1. The predicted molar refractivity (Wildman–Crippen MR) is 69.8 cm³/mol. The summed E-state index contributed by atoms with van der Waals surface area (Å²) in [7, 11) is 0. The summed E-state index contributed by atoms with van der Waals surface area (Å²) in [6.45, 7) is 0.175. The first kappa shape index (κ1) is 11.8. The second-order valence-electron chi connectivity index (χ2n) is 3.88. The van der Waals surface area contributed by atoms with Crippen LogP contribution in [0.2, 0.25) is 5.02 Å². The summed E-state index contributed by atoms with van der Waals surface area (Å²) in [4.78, 5) is 16.0. The minimum atomic E-state index is -0.284. The van der Waals surface area contributed by atoms with Gasteiger partial charge in [-0.3, -0.25) is 9.78 Å². The molecule has 5 nitrogen and oxygen atoms in total. The molecule has 0 bridgehead atoms. The summed E-state index contributed by atoms with van der Waals surface area (Å²) in [6.07, 6.45) is 3.05. The van der Waals surface area contributed by atoms with Gasteiger partial charge in [-0.15, -0.1) is 0 Å². The quantitative estimate of drug-likeness (QED) is 0.916. The number of fused-ring (bicyclic) bond motifs is 1. The van der Waals surface area contributed by atoms with Crippen molar-refractivity contribution < 1.29 is 14.3 Å². The van der Waals surface area contributed by atoms with Gasteiger partial charge < -0.3 is 14.8 Å². The van der Waals surface area contributed by atoms with Crippen LogP contribution in [0.25, 0.3) is 0 Å². The van der Waals surface area contributed by atoms with E-state index in [1.54, 1.807) is 30.5 Å². The number of hydrogen-bond donors (Lipinski definition) is 1. The Kier molecular flexibility index (Phi) is 2.97. The molecule has 1 amide bonds. The highest BCUT2D eigenvalue weighted by Gasteiger charge is 2.16. The van der Waals surface area contributed by atoms with Gasteiger partial charge in [-0.2, -0.15) is 0 Å². The Labute approximate surface area is 114 Å². The van der Waals surface area contributed by atoms with Crippen LogP contribution in [0.3, 0.4) is 0 Å². The molecule has 1 aliphatic rings. The molecule has 19 heavy (non-hydrogen) atoms. The van der Waals surface area contributed by atoms with Crippen LogP contribution in [-0.2, 0) is 0 Å². The Bertz CT molecular complexity index is 646. The first-order valence-corrected chi connectivity index (χ1v) is 5.92. The van der Waals surface area contributed by atoms with Crippen LogP contribution in [0, 0.1) is 0 Å². The maximum absolute atomic E-state index is 12.1. The second-order valence-corrected chi connectivity index (χ2v) is 4.28. The minimum Gasteiger partial charge on any atom is -0.454 e. The molecular formula is C13H9ClN2O3. The van der Waals surface area contributed by atoms with Crippen molar-refractivity contribution in [2.45, 2.75) is 0 Å². The molecule has 0 unspecified atom stereocenters. The van der Waals surface area contributed by atoms with E-state index in [1.807, 2.05) is 0 Å². The van der Waals surface area contributed by atoms with Gasteiger partial charge in [0.1, 0.15) is 0 Å². The highest BCUT2D eigenvalue weighted by molar-refractivity contribution is 6.33. The molecule has 0 saturated heterocycles. The number of benzene rings is 1. The normalized spacial score (nSPS) is 12.3. The largest absolute Gasteiger partial charge is 0.454 e. The van der Waals surface area contributed by atoms with Gasteiger partial charge in [0.25, 0.3) is 5.91 Å². The van der Waals surface area contributed by atoms with E-state index < -0.39 is 0 Å².